The van der Waals surface area contributed by atoms with Crippen molar-refractivity contribution in [3.05, 3.63) is 35.7 Å². The van der Waals surface area contributed by atoms with Crippen LogP contribution in [0.3, 0.4) is 0 Å². The molecule has 0 bridgehead atoms. The molecule has 0 aromatic carbocycles. The van der Waals surface area contributed by atoms with Crippen molar-refractivity contribution in [2.24, 2.45) is 0 Å². The molecule has 2 fully saturated rings. The monoisotopic (exact) mass is 484 g/mol. The number of morpholine rings is 1. The first kappa shape index (κ1) is 23.2. The second-order valence-electron chi connectivity index (χ2n) is 9.36. The number of aryl methyl sites for hydroxylation is 1. The fourth-order valence-corrected chi connectivity index (χ4v) is 6.57. The van der Waals surface area contributed by atoms with Crippen LogP contribution in [0.4, 0.5) is 5.82 Å². The van der Waals surface area contributed by atoms with E-state index in [-0.39, 0.29) is 6.04 Å². The lowest BCUT2D eigenvalue weighted by Gasteiger charge is -2.38. The van der Waals surface area contributed by atoms with E-state index in [0.29, 0.717) is 62.9 Å². The summed E-state index contributed by atoms with van der Waals surface area (Å²) in [6.07, 6.45) is 3.19. The largest absolute Gasteiger partial charge is 0.377 e. The number of hydrogen-bond acceptors (Lipinski definition) is 8. The predicted molar refractivity (Wildman–Crippen MR) is 133 cm³/mol. The van der Waals surface area contributed by atoms with Crippen molar-refractivity contribution in [2.45, 2.75) is 43.9 Å². The molecule has 5 rings (SSSR count). The summed E-state index contributed by atoms with van der Waals surface area (Å²) >= 11 is 0. The van der Waals surface area contributed by atoms with E-state index in [4.69, 9.17) is 19.7 Å². The summed E-state index contributed by atoms with van der Waals surface area (Å²) in [4.78, 5) is 20.1. The van der Waals surface area contributed by atoms with Crippen molar-refractivity contribution in [3.63, 3.8) is 0 Å². The van der Waals surface area contributed by atoms with Crippen molar-refractivity contribution in [1.29, 1.82) is 0 Å². The maximum Gasteiger partial charge on any atom is 0.180 e. The Hall–Kier alpha value is -2.56. The number of rotatable bonds is 5. The minimum atomic E-state index is -3.44. The number of ether oxygens (including phenoxy) is 1. The van der Waals surface area contributed by atoms with Crippen LogP contribution in [-0.2, 0) is 19.3 Å². The molecule has 0 unspecified atom stereocenters. The third kappa shape index (κ3) is 4.08. The molecule has 0 aliphatic carbocycles. The van der Waals surface area contributed by atoms with Crippen LogP contribution in [-0.4, -0.2) is 73.5 Å². The fourth-order valence-electron chi connectivity index (χ4n) is 5.14. The molecule has 2 N–H and O–H groups in total. The van der Waals surface area contributed by atoms with Gasteiger partial charge in [-0.25, -0.2) is 23.4 Å². The fraction of sp³-hybridized carbons (Fsp3) is 0.542. The van der Waals surface area contributed by atoms with E-state index in [1.54, 1.807) is 0 Å². The molecule has 0 radical (unpaired) electrons. The van der Waals surface area contributed by atoms with Crippen LogP contribution in [0.25, 0.3) is 22.6 Å². The highest BCUT2D eigenvalue weighted by atomic mass is 32.2. The quantitative estimate of drug-likeness (QED) is 0.568. The molecule has 10 heteroatoms. The van der Waals surface area contributed by atoms with Gasteiger partial charge in [-0.05, 0) is 57.5 Å². The molecular formula is C24H32N6O3S. The summed E-state index contributed by atoms with van der Waals surface area (Å²) < 4.78 is 31.1. The van der Waals surface area contributed by atoms with Crippen molar-refractivity contribution < 1.29 is 13.2 Å². The third-order valence-electron chi connectivity index (χ3n) is 7.13. The van der Waals surface area contributed by atoms with Gasteiger partial charge in [0.1, 0.15) is 16.3 Å². The molecular weight excluding hydrogens is 452 g/mol. The number of aromatic nitrogens is 4. The molecule has 2 saturated heterocycles. The average molecular weight is 485 g/mol. The summed E-state index contributed by atoms with van der Waals surface area (Å²) in [5, 5.41) is 3.29. The number of pyridine rings is 1. The average Bonchev–Trinajstić information content (AvgIpc) is 3.22. The lowest BCUT2D eigenvalue weighted by atomic mass is 9.92. The van der Waals surface area contributed by atoms with Gasteiger partial charge in [0.25, 0.3) is 0 Å². The number of nitrogens with zero attached hydrogens (tertiary/aromatic N) is 4. The van der Waals surface area contributed by atoms with Gasteiger partial charge in [0.05, 0.1) is 36.0 Å². The second-order valence-corrected chi connectivity index (χ2v) is 11.7. The molecule has 3 aromatic heterocycles. The van der Waals surface area contributed by atoms with Crippen LogP contribution < -0.4 is 10.2 Å². The molecule has 34 heavy (non-hydrogen) atoms. The smallest absolute Gasteiger partial charge is 0.180 e. The molecule has 0 spiro atoms. The molecule has 2 aliphatic heterocycles. The van der Waals surface area contributed by atoms with Gasteiger partial charge in [-0.2, -0.15) is 0 Å². The van der Waals surface area contributed by atoms with Gasteiger partial charge in [0.15, 0.2) is 15.7 Å². The first-order valence-electron chi connectivity index (χ1n) is 11.9. The van der Waals surface area contributed by atoms with Gasteiger partial charge in [0.2, 0.25) is 0 Å². The minimum Gasteiger partial charge on any atom is -0.377 e. The number of nitrogens with one attached hydrogen (secondary N) is 2. The van der Waals surface area contributed by atoms with Gasteiger partial charge < -0.3 is 19.9 Å². The van der Waals surface area contributed by atoms with E-state index in [1.165, 1.54) is 6.26 Å². The van der Waals surface area contributed by atoms with Crippen LogP contribution in [0.5, 0.6) is 0 Å². The highest BCUT2D eigenvalue weighted by Gasteiger charge is 2.45. The molecule has 0 saturated carbocycles. The topological polar surface area (TPSA) is 113 Å². The number of H-pyrrole nitrogens is 1. The summed E-state index contributed by atoms with van der Waals surface area (Å²) in [6, 6.07) is 7.93. The maximum absolute atomic E-state index is 13.2. The summed E-state index contributed by atoms with van der Waals surface area (Å²) in [6.45, 7) is 7.31. The number of hydrogen-bond donors (Lipinski definition) is 2. The van der Waals surface area contributed by atoms with Gasteiger partial charge in [-0.3, -0.25) is 0 Å². The highest BCUT2D eigenvalue weighted by molar-refractivity contribution is 7.91. The zero-order valence-corrected chi connectivity index (χ0v) is 20.8. The Bertz CT molecular complexity index is 1300. The van der Waals surface area contributed by atoms with Gasteiger partial charge >= 0.3 is 0 Å². The number of piperidine rings is 1. The Balaban J connectivity index is 1.70. The first-order chi connectivity index (χ1) is 16.3. The Morgan fingerprint density at radius 1 is 1.18 bits per heavy atom. The Morgan fingerprint density at radius 2 is 1.97 bits per heavy atom. The Labute approximate surface area is 200 Å². The standard InChI is InChI=1S/C24H32N6O3S/c1-4-17-15-33-12-11-30(17)22-14-21(24(34(3,31)32)7-9-25-10-8-24)28-23(29-22)19-6-5-18-20(27-19)13-16(2)26-18/h5-6,13-14,17,25-26H,4,7-12,15H2,1-3H3/t17-/m0/s1. The lowest BCUT2D eigenvalue weighted by Crippen LogP contribution is -2.47. The number of aromatic amines is 1. The summed E-state index contributed by atoms with van der Waals surface area (Å²) in [7, 11) is -3.44. The van der Waals surface area contributed by atoms with E-state index in [2.05, 4.69) is 22.1 Å². The van der Waals surface area contributed by atoms with Gasteiger partial charge in [0, 0.05) is 24.6 Å². The molecule has 5 heterocycles. The van der Waals surface area contributed by atoms with E-state index in [9.17, 15) is 8.42 Å². The number of sulfone groups is 1. The molecule has 1 atom stereocenters. The Morgan fingerprint density at radius 3 is 2.71 bits per heavy atom. The first-order valence-corrected chi connectivity index (χ1v) is 13.8. The molecule has 0 amide bonds. The zero-order chi connectivity index (χ0) is 23.9. The van der Waals surface area contributed by atoms with Crippen molar-refractivity contribution in [3.8, 4) is 11.5 Å². The Kier molecular flexibility index (Phi) is 6.07. The SMILES string of the molecule is CC[C@H]1COCCN1c1cc(C2(S(C)(=O)=O)CCNCC2)nc(-c2ccc3[nH]c(C)cc3n2)n1. The van der Waals surface area contributed by atoms with Gasteiger partial charge in [-0.1, -0.05) is 6.92 Å². The van der Waals surface area contributed by atoms with Crippen LogP contribution in [0, 0.1) is 6.92 Å². The third-order valence-corrected chi connectivity index (χ3v) is 9.17. The van der Waals surface area contributed by atoms with E-state index < -0.39 is 14.6 Å². The molecule has 2 aliphatic rings. The number of anilines is 1. The molecule has 9 nitrogen and oxygen atoms in total. The molecule has 3 aromatic rings. The normalized spacial score (nSPS) is 21.1. The summed E-state index contributed by atoms with van der Waals surface area (Å²) in [5.74, 6) is 1.19. The lowest BCUT2D eigenvalue weighted by molar-refractivity contribution is 0.0925. The van der Waals surface area contributed by atoms with E-state index in [0.717, 1.165) is 29.0 Å². The summed E-state index contributed by atoms with van der Waals surface area (Å²) in [5.41, 5.74) is 4.00. The minimum absolute atomic E-state index is 0.175. The van der Waals surface area contributed by atoms with E-state index >= 15 is 0 Å². The number of fused-ring (bicyclic) bond motifs is 1. The van der Waals surface area contributed by atoms with Crippen molar-refractivity contribution in [2.75, 3.05) is 44.0 Å². The van der Waals surface area contributed by atoms with E-state index in [1.807, 2.05) is 31.2 Å². The molecule has 182 valence electrons. The van der Waals surface area contributed by atoms with Crippen LogP contribution in [0.15, 0.2) is 24.3 Å². The van der Waals surface area contributed by atoms with Crippen LogP contribution >= 0.6 is 0 Å². The van der Waals surface area contributed by atoms with Crippen molar-refractivity contribution >= 4 is 26.7 Å². The maximum atomic E-state index is 13.2. The van der Waals surface area contributed by atoms with Crippen LogP contribution in [0.2, 0.25) is 0 Å². The van der Waals surface area contributed by atoms with Crippen LogP contribution in [0.1, 0.15) is 37.6 Å². The van der Waals surface area contributed by atoms with Gasteiger partial charge in [-0.15, -0.1) is 0 Å². The highest BCUT2D eigenvalue weighted by Crippen LogP contribution is 2.39. The zero-order valence-electron chi connectivity index (χ0n) is 20.0. The predicted octanol–water partition coefficient (Wildman–Crippen LogP) is 2.57. The van der Waals surface area contributed by atoms with Crippen molar-refractivity contribution in [1.82, 2.24) is 25.3 Å². The second kappa shape index (κ2) is 8.90.